The zero-order valence-electron chi connectivity index (χ0n) is 9.18. The zero-order chi connectivity index (χ0) is 11.5. The molecule has 82 valence electrons. The van der Waals surface area contributed by atoms with Gasteiger partial charge in [0.05, 0.1) is 0 Å². The van der Waals surface area contributed by atoms with Crippen molar-refractivity contribution in [3.63, 3.8) is 0 Å². The van der Waals surface area contributed by atoms with Crippen LogP contribution < -0.4 is 0 Å². The highest BCUT2D eigenvalue weighted by Gasteiger charge is 2.03. The molecule has 0 N–H and O–H groups in total. The Morgan fingerprint density at radius 3 is 2.31 bits per heavy atom. The summed E-state index contributed by atoms with van der Waals surface area (Å²) in [7, 11) is 0. The van der Waals surface area contributed by atoms with Crippen LogP contribution in [0.4, 0.5) is 0 Å². The molecule has 0 fully saturated rings. The molecular weight excluding hydrogens is 222 g/mol. The summed E-state index contributed by atoms with van der Waals surface area (Å²) in [5, 5.41) is 0.220. The van der Waals surface area contributed by atoms with E-state index >= 15 is 0 Å². The van der Waals surface area contributed by atoms with Gasteiger partial charge in [-0.05, 0) is 23.1 Å². The van der Waals surface area contributed by atoms with Crippen LogP contribution in [0.25, 0.3) is 11.4 Å². The third-order valence-corrected chi connectivity index (χ3v) is 2.56. The quantitative estimate of drug-likeness (QED) is 0.799. The fourth-order valence-corrected chi connectivity index (χ4v) is 1.56. The average Bonchev–Trinajstić information content (AvgIpc) is 2.29. The molecular formula is C12H12ClN3. The van der Waals surface area contributed by atoms with Gasteiger partial charge in [-0.15, -0.1) is 0 Å². The van der Waals surface area contributed by atoms with Gasteiger partial charge in [-0.25, -0.2) is 9.97 Å². The fraction of sp³-hybridized carbons (Fsp3) is 0.250. The lowest BCUT2D eigenvalue weighted by Crippen LogP contribution is -1.92. The summed E-state index contributed by atoms with van der Waals surface area (Å²) in [4.78, 5) is 11.9. The molecule has 0 unspecified atom stereocenters. The highest BCUT2D eigenvalue weighted by atomic mass is 35.5. The summed E-state index contributed by atoms with van der Waals surface area (Å²) < 4.78 is 0. The van der Waals surface area contributed by atoms with Crippen molar-refractivity contribution in [1.82, 2.24) is 15.0 Å². The van der Waals surface area contributed by atoms with E-state index < -0.39 is 0 Å². The van der Waals surface area contributed by atoms with Crippen molar-refractivity contribution >= 4 is 11.6 Å². The van der Waals surface area contributed by atoms with Gasteiger partial charge in [0.15, 0.2) is 5.82 Å². The molecule has 0 spiro atoms. The van der Waals surface area contributed by atoms with Crippen LogP contribution in [-0.2, 0) is 0 Å². The Hall–Kier alpha value is -1.48. The van der Waals surface area contributed by atoms with Crippen LogP contribution in [0.2, 0.25) is 5.28 Å². The lowest BCUT2D eigenvalue weighted by Gasteiger charge is -2.05. The van der Waals surface area contributed by atoms with Crippen molar-refractivity contribution in [2.75, 3.05) is 0 Å². The van der Waals surface area contributed by atoms with Crippen LogP contribution in [-0.4, -0.2) is 15.0 Å². The van der Waals surface area contributed by atoms with Crippen LogP contribution in [0.1, 0.15) is 25.3 Å². The lowest BCUT2D eigenvalue weighted by atomic mass is 10.0. The van der Waals surface area contributed by atoms with E-state index in [9.17, 15) is 0 Å². The Morgan fingerprint density at radius 2 is 1.75 bits per heavy atom. The largest absolute Gasteiger partial charge is 0.225 e. The standard InChI is InChI=1S/C12H12ClN3/c1-8(2)9-3-5-10(6-4-9)11-14-7-15-12(13)16-11/h3-8H,1-2H3. The molecule has 0 radical (unpaired) electrons. The van der Waals surface area contributed by atoms with Gasteiger partial charge in [-0.3, -0.25) is 0 Å². The molecule has 1 aromatic carbocycles. The van der Waals surface area contributed by atoms with Crippen LogP contribution in [0.15, 0.2) is 30.6 Å². The summed E-state index contributed by atoms with van der Waals surface area (Å²) in [6.45, 7) is 4.32. The first kappa shape index (κ1) is 11.0. The van der Waals surface area contributed by atoms with E-state index in [0.29, 0.717) is 11.7 Å². The fourth-order valence-electron chi connectivity index (χ4n) is 1.43. The number of nitrogens with zero attached hydrogens (tertiary/aromatic N) is 3. The van der Waals surface area contributed by atoms with E-state index in [0.717, 1.165) is 5.56 Å². The van der Waals surface area contributed by atoms with E-state index in [1.165, 1.54) is 11.9 Å². The van der Waals surface area contributed by atoms with E-state index in [1.807, 2.05) is 12.1 Å². The van der Waals surface area contributed by atoms with Gasteiger partial charge >= 0.3 is 0 Å². The minimum atomic E-state index is 0.220. The first-order valence-electron chi connectivity index (χ1n) is 5.11. The molecule has 16 heavy (non-hydrogen) atoms. The minimum Gasteiger partial charge on any atom is -0.216 e. The molecule has 0 saturated heterocycles. The van der Waals surface area contributed by atoms with Gasteiger partial charge in [-0.2, -0.15) is 4.98 Å². The van der Waals surface area contributed by atoms with E-state index in [4.69, 9.17) is 11.6 Å². The van der Waals surface area contributed by atoms with Gasteiger partial charge in [0.25, 0.3) is 0 Å². The molecule has 0 aliphatic rings. The number of hydrogen-bond acceptors (Lipinski definition) is 3. The maximum atomic E-state index is 5.71. The first-order chi connectivity index (χ1) is 7.66. The first-order valence-corrected chi connectivity index (χ1v) is 5.49. The van der Waals surface area contributed by atoms with Crippen LogP contribution in [0.3, 0.4) is 0 Å². The predicted octanol–water partition coefficient (Wildman–Crippen LogP) is 3.32. The van der Waals surface area contributed by atoms with Crippen LogP contribution >= 0.6 is 11.6 Å². The third kappa shape index (κ3) is 2.36. The topological polar surface area (TPSA) is 38.7 Å². The van der Waals surface area contributed by atoms with Gasteiger partial charge < -0.3 is 0 Å². The highest BCUT2D eigenvalue weighted by Crippen LogP contribution is 2.20. The Morgan fingerprint density at radius 1 is 1.06 bits per heavy atom. The molecule has 0 aliphatic carbocycles. The minimum absolute atomic E-state index is 0.220. The summed E-state index contributed by atoms with van der Waals surface area (Å²) in [5.41, 5.74) is 2.25. The molecule has 0 bridgehead atoms. The third-order valence-electron chi connectivity index (χ3n) is 2.38. The van der Waals surface area contributed by atoms with E-state index in [1.54, 1.807) is 0 Å². The lowest BCUT2D eigenvalue weighted by molar-refractivity contribution is 0.866. The maximum Gasteiger partial charge on any atom is 0.225 e. The van der Waals surface area contributed by atoms with Crippen molar-refractivity contribution in [3.8, 4) is 11.4 Å². The SMILES string of the molecule is CC(C)c1ccc(-c2ncnc(Cl)n2)cc1. The molecule has 0 atom stereocenters. The average molecular weight is 234 g/mol. The van der Waals surface area contributed by atoms with Gasteiger partial charge in [0.1, 0.15) is 6.33 Å². The molecule has 1 aromatic heterocycles. The number of hydrogen-bond donors (Lipinski definition) is 0. The summed E-state index contributed by atoms with van der Waals surface area (Å²) >= 11 is 5.71. The molecule has 3 nitrogen and oxygen atoms in total. The smallest absolute Gasteiger partial charge is 0.216 e. The second kappa shape index (κ2) is 4.58. The molecule has 1 heterocycles. The summed E-state index contributed by atoms with van der Waals surface area (Å²) in [6.07, 6.45) is 1.42. The van der Waals surface area contributed by atoms with Gasteiger partial charge in [0.2, 0.25) is 5.28 Å². The van der Waals surface area contributed by atoms with Gasteiger partial charge in [-0.1, -0.05) is 38.1 Å². The van der Waals surface area contributed by atoms with E-state index in [-0.39, 0.29) is 5.28 Å². The van der Waals surface area contributed by atoms with Crippen molar-refractivity contribution in [1.29, 1.82) is 0 Å². The van der Waals surface area contributed by atoms with Crippen molar-refractivity contribution < 1.29 is 0 Å². The number of aromatic nitrogens is 3. The molecule has 0 saturated carbocycles. The normalized spacial score (nSPS) is 10.8. The van der Waals surface area contributed by atoms with Gasteiger partial charge in [0, 0.05) is 5.56 Å². The Labute approximate surface area is 99.5 Å². The molecule has 2 aromatic rings. The highest BCUT2D eigenvalue weighted by molar-refractivity contribution is 6.28. The Bertz CT molecular complexity index is 480. The summed E-state index contributed by atoms with van der Waals surface area (Å²) in [5.74, 6) is 1.13. The monoisotopic (exact) mass is 233 g/mol. The molecule has 4 heteroatoms. The van der Waals surface area contributed by atoms with Crippen molar-refractivity contribution in [3.05, 3.63) is 41.4 Å². The maximum absolute atomic E-state index is 5.71. The number of benzene rings is 1. The second-order valence-corrected chi connectivity index (χ2v) is 4.19. The van der Waals surface area contributed by atoms with Crippen molar-refractivity contribution in [2.24, 2.45) is 0 Å². The summed E-state index contributed by atoms with van der Waals surface area (Å²) in [6, 6.07) is 8.16. The van der Waals surface area contributed by atoms with E-state index in [2.05, 4.69) is 40.9 Å². The second-order valence-electron chi connectivity index (χ2n) is 3.85. The predicted molar refractivity (Wildman–Crippen MR) is 64.4 cm³/mol. The molecule has 0 aliphatic heterocycles. The molecule has 0 amide bonds. The van der Waals surface area contributed by atoms with Crippen LogP contribution in [0.5, 0.6) is 0 Å². The van der Waals surface area contributed by atoms with Crippen LogP contribution in [0, 0.1) is 0 Å². The van der Waals surface area contributed by atoms with Crippen molar-refractivity contribution in [2.45, 2.75) is 19.8 Å². The Balaban J connectivity index is 2.35. The molecule has 2 rings (SSSR count). The Kier molecular flexibility index (Phi) is 3.15. The number of halogens is 1. The number of rotatable bonds is 2. The zero-order valence-corrected chi connectivity index (χ0v) is 9.94.